The van der Waals surface area contributed by atoms with Crippen molar-refractivity contribution in [1.29, 1.82) is 0 Å². The van der Waals surface area contributed by atoms with E-state index in [1.54, 1.807) is 0 Å². The van der Waals surface area contributed by atoms with Crippen LogP contribution in [-0.4, -0.2) is 25.4 Å². The van der Waals surface area contributed by atoms with Crippen LogP contribution in [0, 0.1) is 17.5 Å². The molecule has 0 radical (unpaired) electrons. The molecule has 1 unspecified atom stereocenters. The van der Waals surface area contributed by atoms with E-state index < -0.39 is 23.6 Å². The average molecular weight is 452 g/mol. The van der Waals surface area contributed by atoms with Gasteiger partial charge in [-0.1, -0.05) is 41.9 Å². The van der Waals surface area contributed by atoms with E-state index in [0.29, 0.717) is 12.0 Å². The Morgan fingerprint density at radius 2 is 1.77 bits per heavy atom. The number of benzene rings is 3. The third-order valence-corrected chi connectivity index (χ3v) is 5.14. The molecule has 164 valence electrons. The summed E-state index contributed by atoms with van der Waals surface area (Å²) in [5, 5.41) is 8.68. The van der Waals surface area contributed by atoms with Gasteiger partial charge in [0.2, 0.25) is 0 Å². The van der Waals surface area contributed by atoms with Crippen molar-refractivity contribution in [2.24, 2.45) is 5.73 Å². The highest BCUT2D eigenvalue weighted by atomic mass is 35.5. The van der Waals surface area contributed by atoms with Gasteiger partial charge >= 0.3 is 0 Å². The van der Waals surface area contributed by atoms with Crippen molar-refractivity contribution in [2.75, 3.05) is 20.3 Å². The second-order valence-electron chi connectivity index (χ2n) is 6.55. The molecule has 1 atom stereocenters. The average Bonchev–Trinajstić information content (AvgIpc) is 3.21. The summed E-state index contributed by atoms with van der Waals surface area (Å²) in [6.45, 7) is -0.469. The summed E-state index contributed by atoms with van der Waals surface area (Å²) in [6, 6.07) is 12.6. The molecule has 0 saturated carbocycles. The number of hydrogen-bond donors (Lipinski definition) is 2. The van der Waals surface area contributed by atoms with Gasteiger partial charge in [0.15, 0.2) is 11.6 Å². The fraction of sp³-hybridized carbons (Fsp3) is 0.217. The predicted octanol–water partition coefficient (Wildman–Crippen LogP) is 5.05. The molecule has 3 N–H and O–H groups in total. The van der Waals surface area contributed by atoms with Crippen LogP contribution in [0.25, 0.3) is 11.1 Å². The lowest BCUT2D eigenvalue weighted by molar-refractivity contribution is 0.201. The van der Waals surface area contributed by atoms with Gasteiger partial charge in [-0.3, -0.25) is 0 Å². The van der Waals surface area contributed by atoms with E-state index in [1.165, 1.54) is 13.1 Å². The second kappa shape index (κ2) is 10.0. The van der Waals surface area contributed by atoms with E-state index >= 15 is 0 Å². The quantitative estimate of drug-likeness (QED) is 0.570. The predicted molar refractivity (Wildman–Crippen MR) is 113 cm³/mol. The van der Waals surface area contributed by atoms with Crippen LogP contribution in [0.3, 0.4) is 0 Å². The van der Waals surface area contributed by atoms with E-state index in [4.69, 9.17) is 26.2 Å². The summed E-state index contributed by atoms with van der Waals surface area (Å²) in [7, 11) is 1.50. The standard InChI is InChI=1S/C22H16ClF3O3.CH5N/c23-21-15(25)11-18-13(10-17(29-18)12-4-2-1-3-5-12)19(21)20-16(28-9-8-27)7-6-14(24)22(20)26;1-2/h1-7,11,17,27H,8-10H2;2H2,1H3. The highest BCUT2D eigenvalue weighted by molar-refractivity contribution is 6.34. The Morgan fingerprint density at radius 1 is 1.06 bits per heavy atom. The molecule has 4 nitrogen and oxygen atoms in total. The first kappa shape index (κ1) is 22.9. The third-order valence-electron chi connectivity index (χ3n) is 4.77. The fourth-order valence-corrected chi connectivity index (χ4v) is 3.75. The zero-order valence-electron chi connectivity index (χ0n) is 16.7. The van der Waals surface area contributed by atoms with Gasteiger partial charge in [-0.25, -0.2) is 13.2 Å². The number of halogens is 4. The Kier molecular flexibility index (Phi) is 7.43. The largest absolute Gasteiger partial charge is 0.490 e. The summed E-state index contributed by atoms with van der Waals surface area (Å²) >= 11 is 6.21. The van der Waals surface area contributed by atoms with Crippen molar-refractivity contribution in [3.05, 3.63) is 82.1 Å². The van der Waals surface area contributed by atoms with Crippen LogP contribution in [0.4, 0.5) is 13.2 Å². The zero-order chi connectivity index (χ0) is 22.5. The Labute approximate surface area is 183 Å². The first-order valence-electron chi connectivity index (χ1n) is 9.53. The van der Waals surface area contributed by atoms with E-state index in [1.807, 2.05) is 30.3 Å². The third kappa shape index (κ3) is 4.49. The van der Waals surface area contributed by atoms with Gasteiger partial charge in [0.25, 0.3) is 0 Å². The van der Waals surface area contributed by atoms with Gasteiger partial charge in [0.05, 0.1) is 17.2 Å². The highest BCUT2D eigenvalue weighted by Gasteiger charge is 2.33. The van der Waals surface area contributed by atoms with Crippen molar-refractivity contribution in [3.8, 4) is 22.6 Å². The normalized spacial score (nSPS) is 14.4. The van der Waals surface area contributed by atoms with Crippen LogP contribution >= 0.6 is 11.6 Å². The number of rotatable bonds is 5. The van der Waals surface area contributed by atoms with Gasteiger partial charge in [-0.2, -0.15) is 0 Å². The molecule has 0 spiro atoms. The van der Waals surface area contributed by atoms with Gasteiger partial charge in [0.1, 0.15) is 30.0 Å². The van der Waals surface area contributed by atoms with Crippen molar-refractivity contribution in [3.63, 3.8) is 0 Å². The summed E-state index contributed by atoms with van der Waals surface area (Å²) < 4.78 is 54.7. The molecule has 0 aliphatic carbocycles. The topological polar surface area (TPSA) is 64.7 Å². The molecule has 31 heavy (non-hydrogen) atoms. The summed E-state index contributed by atoms with van der Waals surface area (Å²) in [5.74, 6) is -2.98. The number of hydrogen-bond acceptors (Lipinski definition) is 4. The molecule has 1 aliphatic heterocycles. The Morgan fingerprint density at radius 3 is 2.45 bits per heavy atom. The first-order chi connectivity index (χ1) is 15.0. The number of nitrogens with two attached hydrogens (primary N) is 1. The molecule has 0 saturated heterocycles. The molecule has 0 fully saturated rings. The Hall–Kier alpha value is -2.74. The lowest BCUT2D eigenvalue weighted by atomic mass is 9.93. The van der Waals surface area contributed by atoms with Crippen molar-refractivity contribution >= 4 is 11.6 Å². The lowest BCUT2D eigenvalue weighted by Crippen LogP contribution is -2.06. The van der Waals surface area contributed by atoms with E-state index in [2.05, 4.69) is 5.73 Å². The Balaban J connectivity index is 0.00000132. The van der Waals surface area contributed by atoms with Gasteiger partial charge < -0.3 is 20.3 Å². The molecule has 3 aromatic rings. The summed E-state index contributed by atoms with van der Waals surface area (Å²) in [5.41, 5.74) is 5.52. The minimum atomic E-state index is -1.21. The molecule has 3 aromatic carbocycles. The zero-order valence-corrected chi connectivity index (χ0v) is 17.4. The maximum absolute atomic E-state index is 14.8. The van der Waals surface area contributed by atoms with Gasteiger partial charge in [0, 0.05) is 23.6 Å². The van der Waals surface area contributed by atoms with E-state index in [-0.39, 0.29) is 40.9 Å². The minimum Gasteiger partial charge on any atom is -0.490 e. The highest BCUT2D eigenvalue weighted by Crippen LogP contribution is 2.49. The monoisotopic (exact) mass is 451 g/mol. The van der Waals surface area contributed by atoms with Crippen LogP contribution in [0.5, 0.6) is 11.5 Å². The van der Waals surface area contributed by atoms with Crippen LogP contribution < -0.4 is 15.2 Å². The van der Waals surface area contributed by atoms with Gasteiger partial charge in [-0.15, -0.1) is 0 Å². The van der Waals surface area contributed by atoms with Crippen molar-refractivity contribution < 1.29 is 27.8 Å². The minimum absolute atomic E-state index is 0.00922. The SMILES string of the molecule is CN.OCCOc1ccc(F)c(F)c1-c1c(Cl)c(F)cc2c1CC(c1ccccc1)O2. The molecular formula is C23H21ClF3NO3. The number of aliphatic hydroxyl groups is 1. The molecule has 0 aromatic heterocycles. The molecular weight excluding hydrogens is 431 g/mol. The van der Waals surface area contributed by atoms with Gasteiger partial charge in [-0.05, 0) is 24.7 Å². The Bertz CT molecular complexity index is 1060. The van der Waals surface area contributed by atoms with Crippen molar-refractivity contribution in [2.45, 2.75) is 12.5 Å². The van der Waals surface area contributed by atoms with Crippen LogP contribution in [0.2, 0.25) is 5.02 Å². The smallest absolute Gasteiger partial charge is 0.170 e. The first-order valence-corrected chi connectivity index (χ1v) is 9.91. The number of fused-ring (bicyclic) bond motifs is 1. The van der Waals surface area contributed by atoms with E-state index in [0.717, 1.165) is 17.7 Å². The molecule has 4 rings (SSSR count). The maximum Gasteiger partial charge on any atom is 0.170 e. The summed E-state index contributed by atoms with van der Waals surface area (Å²) in [6.07, 6.45) is -0.120. The molecule has 1 aliphatic rings. The van der Waals surface area contributed by atoms with Crippen molar-refractivity contribution in [1.82, 2.24) is 0 Å². The summed E-state index contributed by atoms with van der Waals surface area (Å²) in [4.78, 5) is 0. The van der Waals surface area contributed by atoms with E-state index in [9.17, 15) is 13.2 Å². The number of ether oxygens (including phenoxy) is 2. The molecule has 1 heterocycles. The maximum atomic E-state index is 14.8. The van der Waals surface area contributed by atoms with Crippen LogP contribution in [0.1, 0.15) is 17.2 Å². The molecule has 0 bridgehead atoms. The number of aliphatic hydroxyl groups excluding tert-OH is 1. The second-order valence-corrected chi connectivity index (χ2v) is 6.93. The molecule has 8 heteroatoms. The van der Waals surface area contributed by atoms with Crippen LogP contribution in [0.15, 0.2) is 48.5 Å². The molecule has 0 amide bonds. The van der Waals surface area contributed by atoms with Crippen LogP contribution in [-0.2, 0) is 6.42 Å². The fourth-order valence-electron chi connectivity index (χ4n) is 3.48. The lowest BCUT2D eigenvalue weighted by Gasteiger charge is -2.16.